The summed E-state index contributed by atoms with van der Waals surface area (Å²) in [6, 6.07) is 0. The zero-order valence-electron chi connectivity index (χ0n) is 11.2. The fourth-order valence-corrected chi connectivity index (χ4v) is 2.32. The first-order valence-corrected chi connectivity index (χ1v) is 6.44. The highest BCUT2D eigenvalue weighted by Gasteiger charge is 2.20. The monoisotopic (exact) mass is 248 g/mol. The molecule has 2 nitrogen and oxygen atoms in total. The van der Waals surface area contributed by atoms with Crippen LogP contribution in [0.2, 0.25) is 0 Å². The minimum absolute atomic E-state index is 0. The maximum atomic E-state index is 5.63. The molecule has 1 aliphatic rings. The lowest BCUT2D eigenvalue weighted by Gasteiger charge is -2.34. The Morgan fingerprint density at radius 3 is 2.56 bits per heavy atom. The number of hydrogen-bond donors (Lipinski definition) is 1. The van der Waals surface area contributed by atoms with Crippen molar-refractivity contribution in [3.63, 3.8) is 0 Å². The number of likely N-dealkylation sites (tertiary alicyclic amines) is 1. The van der Waals surface area contributed by atoms with Gasteiger partial charge in [0.05, 0.1) is 0 Å². The molecule has 1 aliphatic heterocycles. The molecule has 98 valence electrons. The lowest BCUT2D eigenvalue weighted by molar-refractivity contribution is 0.151. The van der Waals surface area contributed by atoms with E-state index in [0.717, 1.165) is 12.5 Å². The quantitative estimate of drug-likeness (QED) is 0.829. The Bertz CT molecular complexity index is 175. The average Bonchev–Trinajstić information content (AvgIpc) is 2.15. The molecular formula is C13H29ClN2. The van der Waals surface area contributed by atoms with Crippen LogP contribution in [0.4, 0.5) is 0 Å². The van der Waals surface area contributed by atoms with E-state index in [2.05, 4.69) is 25.7 Å². The van der Waals surface area contributed by atoms with Crippen molar-refractivity contribution in [1.29, 1.82) is 0 Å². The van der Waals surface area contributed by atoms with Crippen molar-refractivity contribution < 1.29 is 0 Å². The molecule has 0 bridgehead atoms. The van der Waals surface area contributed by atoms with Gasteiger partial charge in [-0.05, 0) is 56.7 Å². The summed E-state index contributed by atoms with van der Waals surface area (Å²) < 4.78 is 0. The van der Waals surface area contributed by atoms with Crippen molar-refractivity contribution in [2.45, 2.75) is 46.5 Å². The molecule has 0 aliphatic carbocycles. The third-order valence-corrected chi connectivity index (χ3v) is 3.36. The second kappa shape index (κ2) is 7.52. The van der Waals surface area contributed by atoms with Gasteiger partial charge in [0.15, 0.2) is 0 Å². The van der Waals surface area contributed by atoms with Gasteiger partial charge in [0.1, 0.15) is 0 Å². The number of nitrogens with zero attached hydrogens (tertiary/aromatic N) is 1. The lowest BCUT2D eigenvalue weighted by Crippen LogP contribution is -2.37. The molecule has 1 saturated heterocycles. The van der Waals surface area contributed by atoms with Gasteiger partial charge in [0, 0.05) is 6.54 Å². The van der Waals surface area contributed by atoms with Crippen LogP contribution in [0.5, 0.6) is 0 Å². The standard InChI is InChI=1S/C13H28N2.ClH/c1-13(2,3)7-10-15-9-4-5-12(11-15)6-8-14;/h12H,4-11,14H2,1-3H3;1H. The summed E-state index contributed by atoms with van der Waals surface area (Å²) in [4.78, 5) is 2.63. The Hall–Kier alpha value is 0.210. The van der Waals surface area contributed by atoms with E-state index in [-0.39, 0.29) is 12.4 Å². The van der Waals surface area contributed by atoms with Gasteiger partial charge in [0.25, 0.3) is 0 Å². The Morgan fingerprint density at radius 1 is 1.31 bits per heavy atom. The van der Waals surface area contributed by atoms with Crippen molar-refractivity contribution >= 4 is 12.4 Å². The maximum Gasteiger partial charge on any atom is 0.00101 e. The SMILES string of the molecule is CC(C)(C)CCN1CCCC(CCN)C1.Cl. The third kappa shape index (κ3) is 6.72. The van der Waals surface area contributed by atoms with Crippen molar-refractivity contribution in [3.05, 3.63) is 0 Å². The van der Waals surface area contributed by atoms with Gasteiger partial charge in [-0.25, -0.2) is 0 Å². The van der Waals surface area contributed by atoms with E-state index in [0.29, 0.717) is 5.41 Å². The summed E-state index contributed by atoms with van der Waals surface area (Å²) in [6.07, 6.45) is 5.28. The molecule has 16 heavy (non-hydrogen) atoms. The van der Waals surface area contributed by atoms with Crippen LogP contribution in [-0.4, -0.2) is 31.1 Å². The fraction of sp³-hybridized carbons (Fsp3) is 1.00. The molecule has 1 atom stereocenters. The first kappa shape index (κ1) is 16.2. The van der Waals surface area contributed by atoms with E-state index < -0.39 is 0 Å². The second-order valence-electron chi connectivity index (χ2n) is 6.20. The molecule has 1 fully saturated rings. The van der Waals surface area contributed by atoms with Crippen LogP contribution < -0.4 is 5.73 Å². The van der Waals surface area contributed by atoms with Crippen LogP contribution in [0, 0.1) is 11.3 Å². The normalized spacial score (nSPS) is 22.9. The van der Waals surface area contributed by atoms with Crippen LogP contribution in [-0.2, 0) is 0 Å². The van der Waals surface area contributed by atoms with E-state index >= 15 is 0 Å². The van der Waals surface area contributed by atoms with E-state index in [1.807, 2.05) is 0 Å². The summed E-state index contributed by atoms with van der Waals surface area (Å²) in [5.74, 6) is 0.865. The summed E-state index contributed by atoms with van der Waals surface area (Å²) in [5, 5.41) is 0. The highest BCUT2D eigenvalue weighted by molar-refractivity contribution is 5.85. The lowest BCUT2D eigenvalue weighted by atomic mass is 9.90. The van der Waals surface area contributed by atoms with Gasteiger partial charge >= 0.3 is 0 Å². The Balaban J connectivity index is 0.00000225. The van der Waals surface area contributed by atoms with Crippen LogP contribution in [0.3, 0.4) is 0 Å². The van der Waals surface area contributed by atoms with Crippen LogP contribution in [0.25, 0.3) is 0 Å². The molecular weight excluding hydrogens is 220 g/mol. The molecule has 1 heterocycles. The van der Waals surface area contributed by atoms with Gasteiger partial charge in [-0.1, -0.05) is 20.8 Å². The maximum absolute atomic E-state index is 5.63. The topological polar surface area (TPSA) is 29.3 Å². The molecule has 1 rings (SSSR count). The second-order valence-corrected chi connectivity index (χ2v) is 6.20. The van der Waals surface area contributed by atoms with E-state index in [9.17, 15) is 0 Å². The molecule has 3 heteroatoms. The molecule has 0 spiro atoms. The first-order valence-electron chi connectivity index (χ1n) is 6.44. The molecule has 2 N–H and O–H groups in total. The summed E-state index contributed by atoms with van der Waals surface area (Å²) in [6.45, 7) is 11.7. The molecule has 0 aromatic carbocycles. The Labute approximate surface area is 107 Å². The minimum atomic E-state index is 0. The molecule has 1 unspecified atom stereocenters. The summed E-state index contributed by atoms with van der Waals surface area (Å²) in [5.41, 5.74) is 6.10. The van der Waals surface area contributed by atoms with Gasteiger partial charge in [-0.2, -0.15) is 0 Å². The Kier molecular flexibility index (Phi) is 7.62. The third-order valence-electron chi connectivity index (χ3n) is 3.36. The van der Waals surface area contributed by atoms with Crippen molar-refractivity contribution in [2.75, 3.05) is 26.2 Å². The molecule has 0 radical (unpaired) electrons. The van der Waals surface area contributed by atoms with Crippen LogP contribution >= 0.6 is 12.4 Å². The highest BCUT2D eigenvalue weighted by atomic mass is 35.5. The predicted molar refractivity (Wildman–Crippen MR) is 74.2 cm³/mol. The van der Waals surface area contributed by atoms with Crippen LogP contribution in [0.15, 0.2) is 0 Å². The first-order chi connectivity index (χ1) is 7.01. The van der Waals surface area contributed by atoms with Crippen LogP contribution in [0.1, 0.15) is 46.5 Å². The van der Waals surface area contributed by atoms with Gasteiger partial charge < -0.3 is 10.6 Å². The minimum Gasteiger partial charge on any atom is -0.330 e. The molecule has 0 aromatic heterocycles. The van der Waals surface area contributed by atoms with E-state index in [4.69, 9.17) is 5.73 Å². The highest BCUT2D eigenvalue weighted by Crippen LogP contribution is 2.23. The smallest absolute Gasteiger partial charge is 0.00101 e. The van der Waals surface area contributed by atoms with Gasteiger partial charge in [0.2, 0.25) is 0 Å². The number of hydrogen-bond acceptors (Lipinski definition) is 2. The zero-order valence-corrected chi connectivity index (χ0v) is 12.0. The fourth-order valence-electron chi connectivity index (χ4n) is 2.32. The summed E-state index contributed by atoms with van der Waals surface area (Å²) >= 11 is 0. The van der Waals surface area contributed by atoms with Crippen molar-refractivity contribution in [1.82, 2.24) is 4.90 Å². The summed E-state index contributed by atoms with van der Waals surface area (Å²) in [7, 11) is 0. The van der Waals surface area contributed by atoms with Crippen molar-refractivity contribution in [3.8, 4) is 0 Å². The largest absolute Gasteiger partial charge is 0.330 e. The predicted octanol–water partition coefficient (Wildman–Crippen LogP) is 2.91. The molecule has 0 aromatic rings. The molecule has 0 saturated carbocycles. The van der Waals surface area contributed by atoms with Gasteiger partial charge in [-0.3, -0.25) is 0 Å². The average molecular weight is 249 g/mol. The van der Waals surface area contributed by atoms with E-state index in [1.54, 1.807) is 0 Å². The van der Waals surface area contributed by atoms with Crippen molar-refractivity contribution in [2.24, 2.45) is 17.1 Å². The number of piperidine rings is 1. The number of nitrogens with two attached hydrogens (primary N) is 1. The Morgan fingerprint density at radius 2 is 2.00 bits per heavy atom. The number of halogens is 1. The number of rotatable bonds is 4. The zero-order chi connectivity index (χ0) is 11.3. The molecule has 0 amide bonds. The van der Waals surface area contributed by atoms with E-state index in [1.165, 1.54) is 45.3 Å². The van der Waals surface area contributed by atoms with Gasteiger partial charge in [-0.15, -0.1) is 12.4 Å².